The second-order valence-corrected chi connectivity index (χ2v) is 6.04. The first-order valence-electron chi connectivity index (χ1n) is 7.01. The van der Waals surface area contributed by atoms with Gasteiger partial charge in [-0.1, -0.05) is 11.3 Å². The Morgan fingerprint density at radius 2 is 2.00 bits per heavy atom. The number of thiazole rings is 1. The highest BCUT2D eigenvalue weighted by molar-refractivity contribution is 7.16. The Hall–Kier alpha value is -1.82. The predicted octanol–water partition coefficient (Wildman–Crippen LogP) is 2.58. The van der Waals surface area contributed by atoms with Crippen LogP contribution in [0, 0.1) is 5.92 Å². The van der Waals surface area contributed by atoms with Gasteiger partial charge in [-0.15, -0.1) is 0 Å². The molecule has 1 heterocycles. The van der Waals surface area contributed by atoms with E-state index in [2.05, 4.69) is 4.99 Å². The van der Waals surface area contributed by atoms with Crippen molar-refractivity contribution in [1.29, 1.82) is 0 Å². The summed E-state index contributed by atoms with van der Waals surface area (Å²) in [4.78, 5) is 17.0. The van der Waals surface area contributed by atoms with Crippen LogP contribution in [0.2, 0.25) is 0 Å². The zero-order valence-corrected chi connectivity index (χ0v) is 13.2. The van der Waals surface area contributed by atoms with Crippen LogP contribution in [0.15, 0.2) is 17.1 Å². The van der Waals surface area contributed by atoms with E-state index in [-0.39, 0.29) is 11.8 Å². The molecule has 0 N–H and O–H groups in total. The van der Waals surface area contributed by atoms with E-state index in [1.165, 1.54) is 11.3 Å². The molecule has 1 fully saturated rings. The molecule has 1 saturated carbocycles. The van der Waals surface area contributed by atoms with Gasteiger partial charge in [-0.3, -0.25) is 4.79 Å². The van der Waals surface area contributed by atoms with Crippen LogP contribution in [0.5, 0.6) is 11.5 Å². The summed E-state index contributed by atoms with van der Waals surface area (Å²) < 4.78 is 13.8. The number of amides is 1. The second-order valence-electron chi connectivity index (χ2n) is 5.03. The van der Waals surface area contributed by atoms with Gasteiger partial charge in [-0.2, -0.15) is 4.99 Å². The molecule has 1 aliphatic carbocycles. The molecule has 112 valence electrons. The molecular formula is C15H18N2O3S. The number of aromatic nitrogens is 1. The van der Waals surface area contributed by atoms with Gasteiger partial charge in [-0.05, 0) is 19.8 Å². The topological polar surface area (TPSA) is 52.8 Å². The van der Waals surface area contributed by atoms with Gasteiger partial charge in [0.2, 0.25) is 0 Å². The van der Waals surface area contributed by atoms with E-state index in [1.54, 1.807) is 14.2 Å². The third-order valence-electron chi connectivity index (χ3n) is 3.64. The molecule has 0 atom stereocenters. The van der Waals surface area contributed by atoms with Crippen LogP contribution in [-0.4, -0.2) is 24.7 Å². The third kappa shape index (κ3) is 2.55. The first-order chi connectivity index (χ1) is 10.2. The number of carbonyl (C=O) groups is 1. The molecule has 0 aliphatic heterocycles. The molecule has 5 nitrogen and oxygen atoms in total. The van der Waals surface area contributed by atoms with E-state index in [9.17, 15) is 4.79 Å². The third-order valence-corrected chi connectivity index (χ3v) is 4.68. The Balaban J connectivity index is 2.19. The first-order valence-corrected chi connectivity index (χ1v) is 7.83. The lowest BCUT2D eigenvalue weighted by Gasteiger charge is -2.08. The molecule has 0 spiro atoms. The molecule has 1 aromatic carbocycles. The van der Waals surface area contributed by atoms with Crippen molar-refractivity contribution < 1.29 is 14.3 Å². The van der Waals surface area contributed by atoms with Gasteiger partial charge in [0, 0.05) is 24.6 Å². The van der Waals surface area contributed by atoms with Gasteiger partial charge in [0.05, 0.1) is 24.4 Å². The van der Waals surface area contributed by atoms with E-state index in [0.29, 0.717) is 11.5 Å². The SMILES string of the molecule is CCn1c(=NC(=O)C2CC2)sc2cc(OC)c(OC)cc21. The minimum Gasteiger partial charge on any atom is -0.493 e. The number of carbonyl (C=O) groups excluding carboxylic acids is 1. The summed E-state index contributed by atoms with van der Waals surface area (Å²) >= 11 is 1.51. The van der Waals surface area contributed by atoms with Crippen molar-refractivity contribution in [3.05, 3.63) is 16.9 Å². The smallest absolute Gasteiger partial charge is 0.251 e. The summed E-state index contributed by atoms with van der Waals surface area (Å²) in [6, 6.07) is 3.88. The molecular weight excluding hydrogens is 288 g/mol. The van der Waals surface area contributed by atoms with E-state index in [4.69, 9.17) is 9.47 Å². The summed E-state index contributed by atoms with van der Waals surface area (Å²) in [7, 11) is 3.24. The van der Waals surface area contributed by atoms with Crippen LogP contribution in [0.3, 0.4) is 0 Å². The van der Waals surface area contributed by atoms with Crippen molar-refractivity contribution in [1.82, 2.24) is 4.57 Å². The molecule has 0 bridgehead atoms. The summed E-state index contributed by atoms with van der Waals surface area (Å²) in [6.07, 6.45) is 1.95. The summed E-state index contributed by atoms with van der Waals surface area (Å²) in [5, 5.41) is 0. The minimum atomic E-state index is 0.00249. The van der Waals surface area contributed by atoms with Crippen LogP contribution in [0.25, 0.3) is 10.2 Å². The second kappa shape index (κ2) is 5.52. The molecule has 2 aromatic rings. The summed E-state index contributed by atoms with van der Waals surface area (Å²) in [5.41, 5.74) is 1.02. The minimum absolute atomic E-state index is 0.00249. The van der Waals surface area contributed by atoms with Crippen LogP contribution >= 0.6 is 11.3 Å². The number of hydrogen-bond donors (Lipinski definition) is 0. The van der Waals surface area contributed by atoms with Crippen molar-refractivity contribution in [3.63, 3.8) is 0 Å². The maximum absolute atomic E-state index is 11.9. The first kappa shape index (κ1) is 14.1. The number of benzene rings is 1. The highest BCUT2D eigenvalue weighted by Gasteiger charge is 2.29. The fraction of sp³-hybridized carbons (Fsp3) is 0.467. The molecule has 1 aliphatic rings. The van der Waals surface area contributed by atoms with Gasteiger partial charge in [-0.25, -0.2) is 0 Å². The van der Waals surface area contributed by atoms with Crippen LogP contribution in [-0.2, 0) is 11.3 Å². The lowest BCUT2D eigenvalue weighted by Crippen LogP contribution is -2.16. The average molecular weight is 306 g/mol. The van der Waals surface area contributed by atoms with Crippen molar-refractivity contribution >= 4 is 27.5 Å². The van der Waals surface area contributed by atoms with Gasteiger partial charge >= 0.3 is 0 Å². The molecule has 0 unspecified atom stereocenters. The van der Waals surface area contributed by atoms with Crippen molar-refractivity contribution in [2.45, 2.75) is 26.3 Å². The Morgan fingerprint density at radius 3 is 2.57 bits per heavy atom. The number of hydrogen-bond acceptors (Lipinski definition) is 4. The van der Waals surface area contributed by atoms with Gasteiger partial charge in [0.15, 0.2) is 16.3 Å². The molecule has 1 amide bonds. The number of aryl methyl sites for hydroxylation is 1. The monoisotopic (exact) mass is 306 g/mol. The largest absolute Gasteiger partial charge is 0.493 e. The Bertz CT molecular complexity index is 756. The maximum atomic E-state index is 11.9. The fourth-order valence-corrected chi connectivity index (χ4v) is 3.41. The molecule has 3 rings (SSSR count). The molecule has 1 aromatic heterocycles. The quantitative estimate of drug-likeness (QED) is 0.872. The Morgan fingerprint density at radius 1 is 1.33 bits per heavy atom. The highest BCUT2D eigenvalue weighted by Crippen LogP contribution is 2.34. The van der Waals surface area contributed by atoms with Gasteiger partial charge in [0.25, 0.3) is 5.91 Å². The standard InChI is InChI=1S/C15H18N2O3S/c1-4-17-10-7-11(19-2)12(20-3)8-13(10)21-15(17)16-14(18)9-5-6-9/h7-9H,4-6H2,1-3H3. The van der Waals surface area contributed by atoms with E-state index in [1.807, 2.05) is 23.6 Å². The summed E-state index contributed by atoms with van der Waals surface area (Å²) in [6.45, 7) is 2.80. The normalized spacial score (nSPS) is 15.5. The van der Waals surface area contributed by atoms with Crippen molar-refractivity contribution in [3.8, 4) is 11.5 Å². The van der Waals surface area contributed by atoms with E-state index >= 15 is 0 Å². The van der Waals surface area contributed by atoms with Gasteiger partial charge < -0.3 is 14.0 Å². The molecule has 21 heavy (non-hydrogen) atoms. The highest BCUT2D eigenvalue weighted by atomic mass is 32.1. The van der Waals surface area contributed by atoms with Gasteiger partial charge in [0.1, 0.15) is 0 Å². The van der Waals surface area contributed by atoms with E-state index < -0.39 is 0 Å². The molecule has 6 heteroatoms. The average Bonchev–Trinajstić information content (AvgIpc) is 3.28. The molecule has 0 saturated heterocycles. The predicted molar refractivity (Wildman–Crippen MR) is 81.9 cm³/mol. The molecule has 0 radical (unpaired) electrons. The number of rotatable bonds is 4. The fourth-order valence-electron chi connectivity index (χ4n) is 2.30. The number of ether oxygens (including phenoxy) is 2. The van der Waals surface area contributed by atoms with Crippen LogP contribution in [0.4, 0.5) is 0 Å². The van der Waals surface area contributed by atoms with Crippen LogP contribution < -0.4 is 14.3 Å². The van der Waals surface area contributed by atoms with Crippen molar-refractivity contribution in [2.24, 2.45) is 10.9 Å². The Kier molecular flexibility index (Phi) is 3.71. The zero-order valence-electron chi connectivity index (χ0n) is 12.4. The number of methoxy groups -OCH3 is 2. The number of nitrogens with zero attached hydrogens (tertiary/aromatic N) is 2. The van der Waals surface area contributed by atoms with Crippen molar-refractivity contribution in [2.75, 3.05) is 14.2 Å². The van der Waals surface area contributed by atoms with E-state index in [0.717, 1.165) is 34.4 Å². The zero-order chi connectivity index (χ0) is 15.0. The summed E-state index contributed by atoms with van der Waals surface area (Å²) in [5.74, 6) is 1.52. The number of fused-ring (bicyclic) bond motifs is 1. The maximum Gasteiger partial charge on any atom is 0.251 e. The lowest BCUT2D eigenvalue weighted by atomic mass is 10.3. The lowest BCUT2D eigenvalue weighted by molar-refractivity contribution is -0.119. The Labute approximate surface area is 126 Å². The van der Waals surface area contributed by atoms with Crippen LogP contribution in [0.1, 0.15) is 19.8 Å².